The lowest BCUT2D eigenvalue weighted by Crippen LogP contribution is -2.17. The van der Waals surface area contributed by atoms with Crippen LogP contribution in [0.3, 0.4) is 0 Å². The normalized spacial score (nSPS) is 16.3. The Morgan fingerprint density at radius 2 is 1.89 bits per heavy atom. The Balaban J connectivity index is 1.99. The van der Waals surface area contributed by atoms with Crippen LogP contribution < -0.4 is 10.6 Å². The molecule has 94 valence electrons. The van der Waals surface area contributed by atoms with Crippen LogP contribution in [0.1, 0.15) is 19.4 Å². The van der Waals surface area contributed by atoms with Crippen LogP contribution in [0.5, 0.6) is 0 Å². The summed E-state index contributed by atoms with van der Waals surface area (Å²) in [6, 6.07) is 8.17. The minimum Gasteiger partial charge on any atom is -0.343 e. The summed E-state index contributed by atoms with van der Waals surface area (Å²) in [5, 5.41) is 6.56. The fourth-order valence-electron chi connectivity index (χ4n) is 1.96. The summed E-state index contributed by atoms with van der Waals surface area (Å²) < 4.78 is 0. The Morgan fingerprint density at radius 1 is 1.17 bits per heavy atom. The molecule has 0 unspecified atom stereocenters. The van der Waals surface area contributed by atoms with Crippen molar-refractivity contribution in [3.8, 4) is 0 Å². The highest BCUT2D eigenvalue weighted by molar-refractivity contribution is 5.54. The second kappa shape index (κ2) is 4.73. The zero-order chi connectivity index (χ0) is 13.2. The van der Waals surface area contributed by atoms with E-state index in [0.717, 1.165) is 17.2 Å². The summed E-state index contributed by atoms with van der Waals surface area (Å²) in [7, 11) is 0. The Kier molecular flexibility index (Phi) is 3.28. The Labute approximate surface area is 109 Å². The third kappa shape index (κ3) is 3.04. The molecule has 2 nitrogen and oxygen atoms in total. The van der Waals surface area contributed by atoms with Crippen LogP contribution in [-0.2, 0) is 0 Å². The number of anilines is 1. The van der Waals surface area contributed by atoms with Crippen LogP contribution in [-0.4, -0.2) is 0 Å². The van der Waals surface area contributed by atoms with Gasteiger partial charge in [-0.15, -0.1) is 0 Å². The second-order valence-electron chi connectivity index (χ2n) is 5.30. The van der Waals surface area contributed by atoms with Crippen LogP contribution in [0.25, 0.3) is 0 Å². The Bertz CT molecular complexity index is 522. The average Bonchev–Trinajstić information content (AvgIpc) is 2.61. The number of rotatable bonds is 4. The zero-order valence-electron chi connectivity index (χ0n) is 11.2. The molecule has 0 radical (unpaired) electrons. The van der Waals surface area contributed by atoms with Gasteiger partial charge in [0.2, 0.25) is 0 Å². The maximum atomic E-state index is 4.01. The van der Waals surface area contributed by atoms with Crippen molar-refractivity contribution in [3.05, 3.63) is 66.2 Å². The molecule has 0 spiro atoms. The molecule has 18 heavy (non-hydrogen) atoms. The lowest BCUT2D eigenvalue weighted by Gasteiger charge is -2.14. The van der Waals surface area contributed by atoms with Crippen molar-refractivity contribution in [1.82, 2.24) is 5.32 Å². The van der Waals surface area contributed by atoms with Gasteiger partial charge in [-0.05, 0) is 24.6 Å². The molecule has 2 rings (SSSR count). The molecule has 0 heterocycles. The molecule has 1 aromatic rings. The lowest BCUT2D eigenvalue weighted by molar-refractivity contribution is 0.633. The van der Waals surface area contributed by atoms with Gasteiger partial charge >= 0.3 is 0 Å². The van der Waals surface area contributed by atoms with Crippen LogP contribution in [0.2, 0.25) is 0 Å². The molecule has 1 aromatic carbocycles. The van der Waals surface area contributed by atoms with E-state index >= 15 is 0 Å². The van der Waals surface area contributed by atoms with Gasteiger partial charge in [-0.25, -0.2) is 0 Å². The van der Waals surface area contributed by atoms with Gasteiger partial charge in [-0.2, -0.15) is 0 Å². The van der Waals surface area contributed by atoms with E-state index in [1.165, 1.54) is 5.56 Å². The SMILES string of the molecule is C=C(NC1=CC(C)(C)C=C1)Nc1ccccc1C. The fraction of sp³-hybridized carbons (Fsp3) is 0.250. The van der Waals surface area contributed by atoms with Crippen molar-refractivity contribution in [3.63, 3.8) is 0 Å². The lowest BCUT2D eigenvalue weighted by atomic mass is 9.97. The predicted molar refractivity (Wildman–Crippen MR) is 78.1 cm³/mol. The molecule has 0 saturated carbocycles. The number of hydrogen-bond acceptors (Lipinski definition) is 2. The second-order valence-corrected chi connectivity index (χ2v) is 5.30. The zero-order valence-corrected chi connectivity index (χ0v) is 11.2. The first-order valence-corrected chi connectivity index (χ1v) is 6.17. The molecular weight excluding hydrogens is 220 g/mol. The van der Waals surface area contributed by atoms with Gasteiger partial charge in [0.1, 0.15) is 5.82 Å². The highest BCUT2D eigenvalue weighted by Crippen LogP contribution is 2.27. The summed E-state index contributed by atoms with van der Waals surface area (Å²) in [4.78, 5) is 0. The van der Waals surface area contributed by atoms with Crippen LogP contribution >= 0.6 is 0 Å². The highest BCUT2D eigenvalue weighted by Gasteiger charge is 2.16. The van der Waals surface area contributed by atoms with Crippen molar-refractivity contribution in [1.29, 1.82) is 0 Å². The summed E-state index contributed by atoms with van der Waals surface area (Å²) in [6.07, 6.45) is 6.46. The van der Waals surface area contributed by atoms with Gasteiger partial charge in [-0.1, -0.05) is 50.8 Å². The topological polar surface area (TPSA) is 24.1 Å². The summed E-state index contributed by atoms with van der Waals surface area (Å²) in [6.45, 7) is 10.4. The van der Waals surface area contributed by atoms with Gasteiger partial charge < -0.3 is 10.6 Å². The number of allylic oxidation sites excluding steroid dienone is 3. The first-order valence-electron chi connectivity index (χ1n) is 6.17. The largest absolute Gasteiger partial charge is 0.343 e. The average molecular weight is 240 g/mol. The van der Waals surface area contributed by atoms with Crippen molar-refractivity contribution in [2.24, 2.45) is 5.41 Å². The van der Waals surface area contributed by atoms with E-state index in [2.05, 4.69) is 62.3 Å². The molecule has 0 saturated heterocycles. The van der Waals surface area contributed by atoms with Gasteiger partial charge in [0.25, 0.3) is 0 Å². The van der Waals surface area contributed by atoms with E-state index in [0.29, 0.717) is 0 Å². The molecule has 0 fully saturated rings. The summed E-state index contributed by atoms with van der Waals surface area (Å²) in [5.74, 6) is 0.790. The summed E-state index contributed by atoms with van der Waals surface area (Å²) in [5.41, 5.74) is 3.50. The predicted octanol–water partition coefficient (Wildman–Crippen LogP) is 3.95. The molecule has 1 aliphatic rings. The van der Waals surface area contributed by atoms with Crippen molar-refractivity contribution in [2.75, 3.05) is 5.32 Å². The van der Waals surface area contributed by atoms with E-state index in [1.807, 2.05) is 18.2 Å². The Hall–Kier alpha value is -1.96. The van der Waals surface area contributed by atoms with Crippen LogP contribution in [0.4, 0.5) is 5.69 Å². The number of aryl methyl sites for hydroxylation is 1. The minimum atomic E-state index is 0.130. The van der Waals surface area contributed by atoms with Crippen molar-refractivity contribution < 1.29 is 0 Å². The number of nitrogens with one attached hydrogen (secondary N) is 2. The van der Waals surface area contributed by atoms with E-state index < -0.39 is 0 Å². The van der Waals surface area contributed by atoms with Crippen molar-refractivity contribution in [2.45, 2.75) is 20.8 Å². The Morgan fingerprint density at radius 3 is 2.50 bits per heavy atom. The third-order valence-corrected chi connectivity index (χ3v) is 2.95. The summed E-state index contributed by atoms with van der Waals surface area (Å²) >= 11 is 0. The first-order chi connectivity index (χ1) is 8.46. The van der Waals surface area contributed by atoms with E-state index in [1.54, 1.807) is 0 Å². The van der Waals surface area contributed by atoms with E-state index in [9.17, 15) is 0 Å². The van der Waals surface area contributed by atoms with Crippen molar-refractivity contribution >= 4 is 5.69 Å². The van der Waals surface area contributed by atoms with Crippen LogP contribution in [0, 0.1) is 12.3 Å². The number of hydrogen-bond donors (Lipinski definition) is 2. The molecular formula is C16H20N2. The number of para-hydroxylation sites is 1. The molecule has 1 aliphatic carbocycles. The highest BCUT2D eigenvalue weighted by atomic mass is 15.1. The van der Waals surface area contributed by atoms with Gasteiger partial charge in [0, 0.05) is 16.8 Å². The maximum absolute atomic E-state index is 4.01. The van der Waals surface area contributed by atoms with Gasteiger partial charge in [-0.3, -0.25) is 0 Å². The van der Waals surface area contributed by atoms with Crippen LogP contribution in [0.15, 0.2) is 60.6 Å². The fourth-order valence-corrected chi connectivity index (χ4v) is 1.96. The number of benzene rings is 1. The van der Waals surface area contributed by atoms with E-state index in [-0.39, 0.29) is 5.41 Å². The maximum Gasteiger partial charge on any atom is 0.100 e. The first kappa shape index (κ1) is 12.5. The molecule has 0 amide bonds. The van der Waals surface area contributed by atoms with Gasteiger partial charge in [0.15, 0.2) is 0 Å². The minimum absolute atomic E-state index is 0.130. The van der Waals surface area contributed by atoms with Gasteiger partial charge in [0.05, 0.1) is 0 Å². The van der Waals surface area contributed by atoms with E-state index in [4.69, 9.17) is 0 Å². The monoisotopic (exact) mass is 240 g/mol. The smallest absolute Gasteiger partial charge is 0.100 e. The molecule has 0 atom stereocenters. The quantitative estimate of drug-likeness (QED) is 0.832. The third-order valence-electron chi connectivity index (χ3n) is 2.95. The molecule has 2 N–H and O–H groups in total. The molecule has 0 aliphatic heterocycles. The molecule has 0 aromatic heterocycles. The molecule has 2 heteroatoms. The standard InChI is InChI=1S/C16H20N2/c1-12-7-5-6-8-15(12)18-13(2)17-14-9-10-16(3,4)11-14/h5-11,17-18H,2H2,1,3-4H3. The molecule has 0 bridgehead atoms.